The number of nitrogens with zero attached hydrogens (tertiary/aromatic N) is 4. The Balaban J connectivity index is 2.12. The quantitative estimate of drug-likeness (QED) is 0.725. The van der Waals surface area contributed by atoms with Gasteiger partial charge in [0.1, 0.15) is 11.6 Å². The van der Waals surface area contributed by atoms with Crippen molar-refractivity contribution in [1.82, 2.24) is 19.3 Å². The van der Waals surface area contributed by atoms with E-state index in [1.54, 1.807) is 10.6 Å². The number of aryl methyl sites for hydroxylation is 1. The van der Waals surface area contributed by atoms with Crippen molar-refractivity contribution in [2.75, 3.05) is 0 Å². The number of aromatic nitrogens is 4. The molecule has 2 heterocycles. The number of benzene rings is 1. The van der Waals surface area contributed by atoms with Gasteiger partial charge in [-0.05, 0) is 39.8 Å². The SMILES string of the molecule is Cc1nc(Cn2c(=O)oc3ccccc32)n(C(C)(C)C)n1. The van der Waals surface area contributed by atoms with Crippen molar-refractivity contribution in [3.8, 4) is 0 Å². The molecule has 6 nitrogen and oxygen atoms in total. The van der Waals surface area contributed by atoms with Crippen LogP contribution in [0.1, 0.15) is 32.4 Å². The standard InChI is InChI=1S/C15H18N4O2/c1-10-16-13(19(17-10)15(2,3)4)9-18-11-7-5-6-8-12(11)21-14(18)20/h5-8H,9H2,1-4H3. The number of hydrogen-bond acceptors (Lipinski definition) is 4. The van der Waals surface area contributed by atoms with E-state index in [4.69, 9.17) is 4.42 Å². The summed E-state index contributed by atoms with van der Waals surface area (Å²) in [5.41, 5.74) is 1.16. The Morgan fingerprint density at radius 1 is 1.24 bits per heavy atom. The lowest BCUT2D eigenvalue weighted by molar-refractivity contribution is 0.336. The van der Waals surface area contributed by atoms with Crippen molar-refractivity contribution in [1.29, 1.82) is 0 Å². The maximum absolute atomic E-state index is 12.0. The molecule has 0 atom stereocenters. The Hall–Kier alpha value is -2.37. The molecule has 0 fully saturated rings. The van der Waals surface area contributed by atoms with Crippen LogP contribution >= 0.6 is 0 Å². The van der Waals surface area contributed by atoms with E-state index >= 15 is 0 Å². The number of para-hydroxylation sites is 2. The van der Waals surface area contributed by atoms with Crippen molar-refractivity contribution >= 4 is 11.1 Å². The molecule has 21 heavy (non-hydrogen) atoms. The summed E-state index contributed by atoms with van der Waals surface area (Å²) in [6.07, 6.45) is 0. The van der Waals surface area contributed by atoms with Crippen molar-refractivity contribution in [2.45, 2.75) is 39.8 Å². The van der Waals surface area contributed by atoms with Gasteiger partial charge in [-0.3, -0.25) is 4.57 Å². The number of fused-ring (bicyclic) bond motifs is 1. The zero-order valence-electron chi connectivity index (χ0n) is 12.6. The van der Waals surface area contributed by atoms with Gasteiger partial charge in [-0.25, -0.2) is 14.5 Å². The molecule has 0 saturated carbocycles. The fourth-order valence-corrected chi connectivity index (χ4v) is 2.40. The second-order valence-corrected chi connectivity index (χ2v) is 6.08. The third-order valence-corrected chi connectivity index (χ3v) is 3.29. The summed E-state index contributed by atoms with van der Waals surface area (Å²) in [5.74, 6) is 1.06. The highest BCUT2D eigenvalue weighted by Gasteiger charge is 2.21. The zero-order chi connectivity index (χ0) is 15.2. The molecule has 1 aromatic carbocycles. The average molecular weight is 286 g/mol. The molecule has 0 aliphatic rings. The molecule has 6 heteroatoms. The second-order valence-electron chi connectivity index (χ2n) is 6.08. The monoisotopic (exact) mass is 286 g/mol. The average Bonchev–Trinajstić information content (AvgIpc) is 2.91. The van der Waals surface area contributed by atoms with Gasteiger partial charge in [-0.15, -0.1) is 0 Å². The smallest absolute Gasteiger partial charge is 0.408 e. The first-order valence-electron chi connectivity index (χ1n) is 6.87. The van der Waals surface area contributed by atoms with Crippen molar-refractivity contribution in [3.63, 3.8) is 0 Å². The predicted octanol–water partition coefficient (Wildman–Crippen LogP) is 2.30. The van der Waals surface area contributed by atoms with Crippen LogP contribution in [0.2, 0.25) is 0 Å². The molecule has 0 spiro atoms. The van der Waals surface area contributed by atoms with E-state index in [9.17, 15) is 4.79 Å². The Kier molecular flexibility index (Phi) is 2.97. The summed E-state index contributed by atoms with van der Waals surface area (Å²) in [7, 11) is 0. The van der Waals surface area contributed by atoms with E-state index < -0.39 is 0 Å². The molecule has 3 aromatic rings. The largest absolute Gasteiger partial charge is 0.420 e. The van der Waals surface area contributed by atoms with Gasteiger partial charge in [0.05, 0.1) is 17.6 Å². The molecule has 3 rings (SSSR count). The van der Waals surface area contributed by atoms with Crippen molar-refractivity contribution in [2.24, 2.45) is 0 Å². The van der Waals surface area contributed by atoms with E-state index in [0.29, 0.717) is 18.0 Å². The van der Waals surface area contributed by atoms with Crippen LogP contribution in [-0.4, -0.2) is 19.3 Å². The summed E-state index contributed by atoms with van der Waals surface area (Å²) in [6, 6.07) is 7.38. The Morgan fingerprint density at radius 2 is 1.95 bits per heavy atom. The van der Waals surface area contributed by atoms with E-state index in [1.165, 1.54) is 0 Å². The molecular weight excluding hydrogens is 268 g/mol. The van der Waals surface area contributed by atoms with Gasteiger partial charge >= 0.3 is 5.76 Å². The first-order chi connectivity index (χ1) is 9.86. The topological polar surface area (TPSA) is 65.8 Å². The van der Waals surface area contributed by atoms with E-state index in [2.05, 4.69) is 30.9 Å². The van der Waals surface area contributed by atoms with E-state index in [-0.39, 0.29) is 11.3 Å². The lowest BCUT2D eigenvalue weighted by Crippen LogP contribution is -2.28. The van der Waals surface area contributed by atoms with Gasteiger partial charge in [0.15, 0.2) is 5.58 Å². The second kappa shape index (κ2) is 4.58. The van der Waals surface area contributed by atoms with Gasteiger partial charge in [0.25, 0.3) is 0 Å². The Morgan fingerprint density at radius 3 is 2.67 bits per heavy atom. The van der Waals surface area contributed by atoms with E-state index in [1.807, 2.05) is 29.8 Å². The fraction of sp³-hybridized carbons (Fsp3) is 0.400. The lowest BCUT2D eigenvalue weighted by Gasteiger charge is -2.21. The van der Waals surface area contributed by atoms with Crippen LogP contribution in [0.4, 0.5) is 0 Å². The Labute approximate surface area is 122 Å². The van der Waals surface area contributed by atoms with Crippen LogP contribution < -0.4 is 5.76 Å². The minimum atomic E-state index is -0.377. The van der Waals surface area contributed by atoms with Crippen LogP contribution in [0.3, 0.4) is 0 Å². The number of rotatable bonds is 2. The fourth-order valence-electron chi connectivity index (χ4n) is 2.40. The highest BCUT2D eigenvalue weighted by Crippen LogP contribution is 2.18. The van der Waals surface area contributed by atoms with Crippen LogP contribution in [0.5, 0.6) is 0 Å². The molecule has 2 aromatic heterocycles. The van der Waals surface area contributed by atoms with Crippen molar-refractivity contribution < 1.29 is 4.42 Å². The minimum Gasteiger partial charge on any atom is -0.408 e. The van der Waals surface area contributed by atoms with Gasteiger partial charge in [-0.2, -0.15) is 5.10 Å². The molecule has 0 aliphatic carbocycles. The molecule has 0 saturated heterocycles. The van der Waals surface area contributed by atoms with Crippen LogP contribution in [0, 0.1) is 6.92 Å². The van der Waals surface area contributed by atoms with Crippen LogP contribution in [0.25, 0.3) is 11.1 Å². The highest BCUT2D eigenvalue weighted by atomic mass is 16.4. The predicted molar refractivity (Wildman–Crippen MR) is 79.3 cm³/mol. The summed E-state index contributed by atoms with van der Waals surface area (Å²) in [6.45, 7) is 8.36. The molecule has 110 valence electrons. The maximum atomic E-state index is 12.0. The Bertz CT molecular complexity index is 849. The molecule has 0 N–H and O–H groups in total. The van der Waals surface area contributed by atoms with Crippen LogP contribution in [0.15, 0.2) is 33.5 Å². The lowest BCUT2D eigenvalue weighted by atomic mass is 10.1. The molecular formula is C15H18N4O2. The van der Waals surface area contributed by atoms with Gasteiger partial charge in [-0.1, -0.05) is 12.1 Å². The minimum absolute atomic E-state index is 0.195. The first kappa shape index (κ1) is 13.6. The highest BCUT2D eigenvalue weighted by molar-refractivity contribution is 5.72. The molecule has 0 unspecified atom stereocenters. The maximum Gasteiger partial charge on any atom is 0.420 e. The summed E-state index contributed by atoms with van der Waals surface area (Å²) in [5, 5.41) is 4.43. The number of hydrogen-bond donors (Lipinski definition) is 0. The third-order valence-electron chi connectivity index (χ3n) is 3.29. The first-order valence-corrected chi connectivity index (χ1v) is 6.87. The summed E-state index contributed by atoms with van der Waals surface area (Å²) >= 11 is 0. The van der Waals surface area contributed by atoms with Gasteiger partial charge in [0.2, 0.25) is 0 Å². The molecule has 0 aliphatic heterocycles. The third kappa shape index (κ3) is 2.37. The molecule has 0 amide bonds. The molecule has 0 radical (unpaired) electrons. The summed E-state index contributed by atoms with van der Waals surface area (Å²) < 4.78 is 8.70. The van der Waals surface area contributed by atoms with Gasteiger partial charge in [0, 0.05) is 0 Å². The zero-order valence-corrected chi connectivity index (χ0v) is 12.6. The van der Waals surface area contributed by atoms with Crippen LogP contribution in [-0.2, 0) is 12.1 Å². The van der Waals surface area contributed by atoms with Crippen molar-refractivity contribution in [3.05, 3.63) is 46.5 Å². The van der Waals surface area contributed by atoms with E-state index in [0.717, 1.165) is 11.3 Å². The summed E-state index contributed by atoms with van der Waals surface area (Å²) in [4.78, 5) is 16.5. The normalized spacial score (nSPS) is 12.2. The molecule has 0 bridgehead atoms. The number of oxazole rings is 1. The van der Waals surface area contributed by atoms with Gasteiger partial charge < -0.3 is 4.42 Å².